The van der Waals surface area contributed by atoms with Crippen molar-refractivity contribution >= 4 is 55.8 Å². The molecule has 3 unspecified atom stereocenters. The highest BCUT2D eigenvalue weighted by Gasteiger charge is 2.25. The van der Waals surface area contributed by atoms with Gasteiger partial charge in [-0.3, -0.25) is 14.4 Å². The van der Waals surface area contributed by atoms with Crippen molar-refractivity contribution in [2.24, 2.45) is 0 Å². The summed E-state index contributed by atoms with van der Waals surface area (Å²) in [6, 6.07) is 0. The van der Waals surface area contributed by atoms with Gasteiger partial charge in [-0.2, -0.15) is 37.9 Å². The van der Waals surface area contributed by atoms with Gasteiger partial charge < -0.3 is 14.2 Å². The highest BCUT2D eigenvalue weighted by molar-refractivity contribution is 7.82. The van der Waals surface area contributed by atoms with Crippen LogP contribution in [-0.2, 0) is 28.6 Å². The lowest BCUT2D eigenvalue weighted by Gasteiger charge is -2.20. The largest absolute Gasteiger partial charge is 0.457 e. The lowest BCUT2D eigenvalue weighted by molar-refractivity contribution is -0.198. The molecule has 0 fully saturated rings. The monoisotopic (exact) mass is 342 g/mol. The van der Waals surface area contributed by atoms with Gasteiger partial charge in [0.15, 0.2) is 6.61 Å². The first-order chi connectivity index (χ1) is 9.15. The fourth-order valence-electron chi connectivity index (χ4n) is 0.819. The predicted octanol–water partition coefficient (Wildman–Crippen LogP) is 0.897. The van der Waals surface area contributed by atoms with Crippen molar-refractivity contribution in [3.05, 3.63) is 0 Å². The molecule has 0 aromatic heterocycles. The van der Waals surface area contributed by atoms with Gasteiger partial charge in [0, 0.05) is 0 Å². The van der Waals surface area contributed by atoms with Crippen molar-refractivity contribution in [1.29, 1.82) is 0 Å². The highest BCUT2D eigenvalue weighted by Crippen LogP contribution is 2.08. The maximum Gasteiger partial charge on any atom is 0.321 e. The molecule has 0 aliphatic rings. The molecule has 9 heteroatoms. The minimum atomic E-state index is -1.34. The van der Waals surface area contributed by atoms with Crippen LogP contribution in [0.3, 0.4) is 0 Å². The summed E-state index contributed by atoms with van der Waals surface area (Å²) in [4.78, 5) is 34.1. The van der Waals surface area contributed by atoms with E-state index in [9.17, 15) is 14.4 Å². The molecule has 0 saturated carbocycles. The van der Waals surface area contributed by atoms with Crippen LogP contribution in [0.4, 0.5) is 0 Å². The zero-order valence-corrected chi connectivity index (χ0v) is 14.0. The Morgan fingerprint density at radius 1 is 0.800 bits per heavy atom. The highest BCUT2D eigenvalue weighted by atomic mass is 32.1. The van der Waals surface area contributed by atoms with E-state index in [4.69, 9.17) is 14.2 Å². The van der Waals surface area contributed by atoms with Crippen molar-refractivity contribution in [2.45, 2.75) is 42.8 Å². The van der Waals surface area contributed by atoms with Gasteiger partial charge in [-0.05, 0) is 20.8 Å². The average molecular weight is 342 g/mol. The van der Waals surface area contributed by atoms with Crippen molar-refractivity contribution in [1.82, 2.24) is 0 Å². The summed E-state index contributed by atoms with van der Waals surface area (Å²) in [6.07, 6.45) is -1.34. The first kappa shape index (κ1) is 19.5. The van der Waals surface area contributed by atoms with E-state index in [1.807, 2.05) is 0 Å². The van der Waals surface area contributed by atoms with Crippen LogP contribution in [-0.4, -0.2) is 46.6 Å². The van der Waals surface area contributed by atoms with E-state index in [-0.39, 0.29) is 0 Å². The van der Waals surface area contributed by atoms with Gasteiger partial charge in [0.1, 0.15) is 0 Å². The molecule has 0 amide bonds. The molecule has 0 heterocycles. The van der Waals surface area contributed by atoms with Gasteiger partial charge in [-0.1, -0.05) is 0 Å². The van der Waals surface area contributed by atoms with E-state index < -0.39 is 46.6 Å². The summed E-state index contributed by atoms with van der Waals surface area (Å²) >= 11 is 11.7. The molecule has 0 aliphatic carbocycles. The molecule has 0 radical (unpaired) electrons. The van der Waals surface area contributed by atoms with Crippen molar-refractivity contribution < 1.29 is 28.6 Å². The average Bonchev–Trinajstić information content (AvgIpc) is 2.34. The van der Waals surface area contributed by atoms with E-state index in [2.05, 4.69) is 37.9 Å². The minimum Gasteiger partial charge on any atom is -0.457 e. The fourth-order valence-corrected chi connectivity index (χ4v) is 1.02. The SMILES string of the molecule is CC(S)C(=O)OCC(OC(=O)C(C)S)OC(=O)C(C)S. The number of carbonyl (C=O) groups is 3. The number of rotatable bonds is 7. The van der Waals surface area contributed by atoms with Gasteiger partial charge in [0.2, 0.25) is 0 Å². The summed E-state index contributed by atoms with van der Waals surface area (Å²) < 4.78 is 14.5. The predicted molar refractivity (Wildman–Crippen MR) is 82.3 cm³/mol. The molecule has 0 aromatic rings. The second-order valence-electron chi connectivity index (χ2n) is 3.96. The molecule has 3 atom stereocenters. The molecule has 0 N–H and O–H groups in total. The zero-order chi connectivity index (χ0) is 15.9. The summed E-state index contributed by atoms with van der Waals surface area (Å²) in [5, 5.41) is -2.05. The number of hydrogen-bond acceptors (Lipinski definition) is 9. The minimum absolute atomic E-state index is 0.414. The van der Waals surface area contributed by atoms with Crippen molar-refractivity contribution in [3.8, 4) is 0 Å². The van der Waals surface area contributed by atoms with Crippen LogP contribution in [0.5, 0.6) is 0 Å². The third-order valence-electron chi connectivity index (χ3n) is 1.88. The zero-order valence-electron chi connectivity index (χ0n) is 11.3. The standard InChI is InChI=1S/C11H18O6S3/c1-5(18)9(12)15-4-8(16-10(13)6(2)19)17-11(14)7(3)20/h5-8,18-20H,4H2,1-3H3. The lowest BCUT2D eigenvalue weighted by Crippen LogP contribution is -2.34. The molecule has 0 spiro atoms. The molecular formula is C11H18O6S3. The Kier molecular flexibility index (Phi) is 9.15. The first-order valence-electron chi connectivity index (χ1n) is 5.77. The smallest absolute Gasteiger partial charge is 0.321 e. The number of ether oxygens (including phenoxy) is 3. The maximum absolute atomic E-state index is 11.4. The summed E-state index contributed by atoms with van der Waals surface area (Å²) in [5.41, 5.74) is 0. The Bertz CT molecular complexity index is 334. The Morgan fingerprint density at radius 3 is 1.45 bits per heavy atom. The Morgan fingerprint density at radius 2 is 1.15 bits per heavy atom. The van der Waals surface area contributed by atoms with E-state index in [1.165, 1.54) is 20.8 Å². The van der Waals surface area contributed by atoms with Crippen molar-refractivity contribution in [2.75, 3.05) is 6.61 Å². The fraction of sp³-hybridized carbons (Fsp3) is 0.727. The van der Waals surface area contributed by atoms with Crippen LogP contribution in [0.1, 0.15) is 20.8 Å². The summed E-state index contributed by atoms with van der Waals surface area (Å²) in [5.74, 6) is -2.02. The van der Waals surface area contributed by atoms with Crippen LogP contribution >= 0.6 is 37.9 Å². The molecule has 0 aliphatic heterocycles. The molecule has 0 bridgehead atoms. The van der Waals surface area contributed by atoms with E-state index in [0.717, 1.165) is 0 Å². The van der Waals surface area contributed by atoms with Crippen LogP contribution in [0.25, 0.3) is 0 Å². The van der Waals surface area contributed by atoms with Crippen LogP contribution in [0.15, 0.2) is 0 Å². The number of hydrogen-bond donors (Lipinski definition) is 3. The molecule has 20 heavy (non-hydrogen) atoms. The molecule has 6 nitrogen and oxygen atoms in total. The topological polar surface area (TPSA) is 78.9 Å². The Hall–Kier alpha value is -0.540. The quantitative estimate of drug-likeness (QED) is 0.362. The number of thiol groups is 3. The van der Waals surface area contributed by atoms with Gasteiger partial charge in [0.25, 0.3) is 6.29 Å². The molecule has 0 saturated heterocycles. The third kappa shape index (κ3) is 7.91. The van der Waals surface area contributed by atoms with Gasteiger partial charge in [-0.25, -0.2) is 0 Å². The molecular weight excluding hydrogens is 324 g/mol. The summed E-state index contributed by atoms with van der Waals surface area (Å²) in [6.45, 7) is 4.09. The number of esters is 3. The molecule has 0 rings (SSSR count). The van der Waals surface area contributed by atoms with Gasteiger partial charge >= 0.3 is 17.9 Å². The Balaban J connectivity index is 4.58. The Labute approximate surface area is 134 Å². The van der Waals surface area contributed by atoms with E-state index in [0.29, 0.717) is 0 Å². The van der Waals surface area contributed by atoms with Crippen molar-refractivity contribution in [3.63, 3.8) is 0 Å². The summed E-state index contributed by atoms with van der Waals surface area (Å²) in [7, 11) is 0. The van der Waals surface area contributed by atoms with Crippen LogP contribution in [0, 0.1) is 0 Å². The van der Waals surface area contributed by atoms with E-state index >= 15 is 0 Å². The lowest BCUT2D eigenvalue weighted by atomic mass is 10.4. The van der Waals surface area contributed by atoms with Gasteiger partial charge in [0.05, 0.1) is 15.7 Å². The van der Waals surface area contributed by atoms with Gasteiger partial charge in [-0.15, -0.1) is 0 Å². The normalized spacial score (nSPS) is 16.5. The first-order valence-corrected chi connectivity index (χ1v) is 7.31. The third-order valence-corrected chi connectivity index (χ3v) is 2.51. The maximum atomic E-state index is 11.4. The molecule has 116 valence electrons. The number of carbonyl (C=O) groups excluding carboxylic acids is 3. The van der Waals surface area contributed by atoms with Crippen LogP contribution < -0.4 is 0 Å². The van der Waals surface area contributed by atoms with E-state index in [1.54, 1.807) is 0 Å². The second-order valence-corrected chi connectivity index (χ2v) is 6.29. The molecule has 0 aromatic carbocycles. The second kappa shape index (κ2) is 9.41. The van der Waals surface area contributed by atoms with Crippen LogP contribution in [0.2, 0.25) is 0 Å².